The van der Waals surface area contributed by atoms with Crippen molar-refractivity contribution in [2.24, 2.45) is 0 Å². The van der Waals surface area contributed by atoms with Gasteiger partial charge in [-0.1, -0.05) is 6.08 Å². The van der Waals surface area contributed by atoms with Crippen molar-refractivity contribution in [1.29, 1.82) is 0 Å². The first kappa shape index (κ1) is 15.9. The molecule has 0 aliphatic heterocycles. The van der Waals surface area contributed by atoms with Gasteiger partial charge in [-0.05, 0) is 6.92 Å². The molecule has 0 aromatic carbocycles. The molecule has 0 unspecified atom stereocenters. The standard InChI is InChI=1S/C12H19NO5S/c1-4-5-13(6-7-17-3)19(15,16)12-8-11(9-14)18-10(12)2/h4,8,14H,1,5-7,9H2,2-3H3. The Balaban J connectivity index is 3.10. The summed E-state index contributed by atoms with van der Waals surface area (Å²) in [6, 6.07) is 1.34. The molecule has 108 valence electrons. The zero-order valence-electron chi connectivity index (χ0n) is 11.1. The first-order valence-electron chi connectivity index (χ1n) is 5.77. The van der Waals surface area contributed by atoms with Crippen molar-refractivity contribution < 1.29 is 22.7 Å². The molecule has 19 heavy (non-hydrogen) atoms. The number of hydrogen-bond acceptors (Lipinski definition) is 5. The van der Waals surface area contributed by atoms with Crippen molar-refractivity contribution in [1.82, 2.24) is 4.31 Å². The van der Waals surface area contributed by atoms with E-state index in [0.29, 0.717) is 0 Å². The summed E-state index contributed by atoms with van der Waals surface area (Å²) in [6.45, 7) is 5.46. The summed E-state index contributed by atoms with van der Waals surface area (Å²) < 4.78 is 36.2. The predicted octanol–water partition coefficient (Wildman–Crippen LogP) is 0.903. The van der Waals surface area contributed by atoms with Crippen LogP contribution >= 0.6 is 0 Å². The molecule has 1 aromatic heterocycles. The molecule has 0 atom stereocenters. The number of aryl methyl sites for hydroxylation is 1. The van der Waals surface area contributed by atoms with Gasteiger partial charge in [-0.2, -0.15) is 4.31 Å². The number of hydrogen-bond donors (Lipinski definition) is 1. The maximum absolute atomic E-state index is 12.5. The van der Waals surface area contributed by atoms with Crippen LogP contribution in [0.2, 0.25) is 0 Å². The van der Waals surface area contributed by atoms with Gasteiger partial charge in [0.2, 0.25) is 10.0 Å². The van der Waals surface area contributed by atoms with E-state index in [4.69, 9.17) is 14.3 Å². The molecule has 0 saturated heterocycles. The fourth-order valence-corrected chi connectivity index (χ4v) is 3.22. The Morgan fingerprint density at radius 1 is 1.58 bits per heavy atom. The molecule has 0 spiro atoms. The van der Waals surface area contributed by atoms with Crippen molar-refractivity contribution in [3.05, 3.63) is 30.2 Å². The highest BCUT2D eigenvalue weighted by Crippen LogP contribution is 2.23. The second kappa shape index (κ2) is 6.85. The summed E-state index contributed by atoms with van der Waals surface area (Å²) in [5.41, 5.74) is 0. The summed E-state index contributed by atoms with van der Waals surface area (Å²) in [5.74, 6) is 0.483. The second-order valence-electron chi connectivity index (χ2n) is 3.94. The number of aliphatic hydroxyl groups excluding tert-OH is 1. The van der Waals surface area contributed by atoms with Gasteiger partial charge in [0.1, 0.15) is 23.0 Å². The maximum atomic E-state index is 12.5. The van der Waals surface area contributed by atoms with Gasteiger partial charge in [-0.15, -0.1) is 6.58 Å². The average Bonchev–Trinajstić information content (AvgIpc) is 2.76. The summed E-state index contributed by atoms with van der Waals surface area (Å²) >= 11 is 0. The largest absolute Gasteiger partial charge is 0.462 e. The number of nitrogens with zero attached hydrogens (tertiary/aromatic N) is 1. The van der Waals surface area contributed by atoms with Crippen LogP contribution < -0.4 is 0 Å². The molecule has 6 nitrogen and oxygen atoms in total. The van der Waals surface area contributed by atoms with Crippen LogP contribution in [-0.2, 0) is 21.4 Å². The van der Waals surface area contributed by atoms with E-state index in [-0.39, 0.29) is 42.7 Å². The summed E-state index contributed by atoms with van der Waals surface area (Å²) in [5, 5.41) is 8.99. The SMILES string of the molecule is C=CCN(CCOC)S(=O)(=O)c1cc(CO)oc1C. The van der Waals surface area contributed by atoms with Gasteiger partial charge in [0.25, 0.3) is 0 Å². The second-order valence-corrected chi connectivity index (χ2v) is 5.84. The topological polar surface area (TPSA) is 80.0 Å². The average molecular weight is 289 g/mol. The fraction of sp³-hybridized carbons (Fsp3) is 0.500. The van der Waals surface area contributed by atoms with E-state index in [9.17, 15) is 8.42 Å². The minimum absolute atomic E-state index is 0.0644. The molecule has 0 bridgehead atoms. The molecule has 0 amide bonds. The Labute approximate surface area is 113 Å². The lowest BCUT2D eigenvalue weighted by Gasteiger charge is -2.19. The molecule has 0 saturated carbocycles. The van der Waals surface area contributed by atoms with Crippen molar-refractivity contribution in [3.8, 4) is 0 Å². The van der Waals surface area contributed by atoms with E-state index in [1.54, 1.807) is 6.92 Å². The van der Waals surface area contributed by atoms with Crippen molar-refractivity contribution >= 4 is 10.0 Å². The van der Waals surface area contributed by atoms with Gasteiger partial charge < -0.3 is 14.3 Å². The Morgan fingerprint density at radius 3 is 2.74 bits per heavy atom. The van der Waals surface area contributed by atoms with Gasteiger partial charge >= 0.3 is 0 Å². The number of methoxy groups -OCH3 is 1. The zero-order chi connectivity index (χ0) is 14.5. The van der Waals surface area contributed by atoms with Crippen LogP contribution in [0.3, 0.4) is 0 Å². The number of ether oxygens (including phenoxy) is 1. The third kappa shape index (κ3) is 3.66. The molecule has 7 heteroatoms. The normalized spacial score (nSPS) is 12.0. The van der Waals surface area contributed by atoms with Gasteiger partial charge in [0.05, 0.1) is 6.61 Å². The van der Waals surface area contributed by atoms with Crippen LogP contribution in [0.25, 0.3) is 0 Å². The van der Waals surface area contributed by atoms with E-state index in [2.05, 4.69) is 6.58 Å². The van der Waals surface area contributed by atoms with E-state index < -0.39 is 10.0 Å². The number of sulfonamides is 1. The minimum atomic E-state index is -3.68. The number of furan rings is 1. The van der Waals surface area contributed by atoms with Gasteiger partial charge in [-0.3, -0.25) is 0 Å². The molecule has 1 heterocycles. The van der Waals surface area contributed by atoms with Crippen LogP contribution in [-0.4, -0.2) is 44.6 Å². The third-order valence-electron chi connectivity index (χ3n) is 2.57. The van der Waals surface area contributed by atoms with Gasteiger partial charge in [-0.25, -0.2) is 8.42 Å². The highest BCUT2D eigenvalue weighted by atomic mass is 32.2. The van der Waals surface area contributed by atoms with Crippen LogP contribution in [0.1, 0.15) is 11.5 Å². The molecular formula is C12H19NO5S. The minimum Gasteiger partial charge on any atom is -0.462 e. The number of aliphatic hydroxyl groups is 1. The smallest absolute Gasteiger partial charge is 0.246 e. The molecule has 0 aliphatic carbocycles. The van der Waals surface area contributed by atoms with E-state index in [1.807, 2.05) is 0 Å². The van der Waals surface area contributed by atoms with Gasteiger partial charge in [0.15, 0.2) is 0 Å². The lowest BCUT2D eigenvalue weighted by atomic mass is 10.4. The van der Waals surface area contributed by atoms with Crippen LogP contribution in [0.15, 0.2) is 28.0 Å². The van der Waals surface area contributed by atoms with E-state index >= 15 is 0 Å². The number of rotatable bonds is 8. The van der Waals surface area contributed by atoms with Gasteiger partial charge in [0, 0.05) is 26.3 Å². The van der Waals surface area contributed by atoms with Crippen molar-refractivity contribution in [2.45, 2.75) is 18.4 Å². The van der Waals surface area contributed by atoms with E-state index in [1.165, 1.54) is 23.6 Å². The quantitative estimate of drug-likeness (QED) is 0.719. The molecule has 0 fully saturated rings. The van der Waals surface area contributed by atoms with Crippen LogP contribution in [0.5, 0.6) is 0 Å². The molecule has 0 radical (unpaired) electrons. The Morgan fingerprint density at radius 2 is 2.26 bits per heavy atom. The Kier molecular flexibility index (Phi) is 5.74. The first-order chi connectivity index (χ1) is 8.97. The fourth-order valence-electron chi connectivity index (χ4n) is 1.64. The Bertz CT molecular complexity index is 520. The van der Waals surface area contributed by atoms with Crippen molar-refractivity contribution in [3.63, 3.8) is 0 Å². The molecular weight excluding hydrogens is 270 g/mol. The summed E-state index contributed by atoms with van der Waals surface area (Å²) in [4.78, 5) is 0.0644. The third-order valence-corrected chi connectivity index (χ3v) is 4.55. The molecule has 1 rings (SSSR count). The summed E-state index contributed by atoms with van der Waals surface area (Å²) in [6.07, 6.45) is 1.51. The van der Waals surface area contributed by atoms with Crippen LogP contribution in [0.4, 0.5) is 0 Å². The molecule has 1 N–H and O–H groups in total. The highest BCUT2D eigenvalue weighted by molar-refractivity contribution is 7.89. The molecule has 0 aliphatic rings. The first-order valence-corrected chi connectivity index (χ1v) is 7.21. The Hall–Kier alpha value is -1.15. The van der Waals surface area contributed by atoms with Crippen LogP contribution in [0, 0.1) is 6.92 Å². The maximum Gasteiger partial charge on any atom is 0.246 e. The monoisotopic (exact) mass is 289 g/mol. The highest BCUT2D eigenvalue weighted by Gasteiger charge is 2.27. The van der Waals surface area contributed by atoms with E-state index in [0.717, 1.165) is 0 Å². The summed E-state index contributed by atoms with van der Waals surface area (Å²) in [7, 11) is -2.17. The molecule has 1 aromatic rings. The zero-order valence-corrected chi connectivity index (χ0v) is 11.9. The lowest BCUT2D eigenvalue weighted by molar-refractivity contribution is 0.182. The predicted molar refractivity (Wildman–Crippen MR) is 70.2 cm³/mol. The van der Waals surface area contributed by atoms with Crippen molar-refractivity contribution in [2.75, 3.05) is 26.8 Å². The lowest BCUT2D eigenvalue weighted by Crippen LogP contribution is -2.34.